The Balaban J connectivity index is 2.38. The summed E-state index contributed by atoms with van der Waals surface area (Å²) in [5, 5.41) is 2.63. The molecule has 0 aliphatic heterocycles. The van der Waals surface area contributed by atoms with E-state index in [0.29, 0.717) is 0 Å². The molecule has 210 valence electrons. The van der Waals surface area contributed by atoms with Crippen LogP contribution in [0.1, 0.15) is 73.6 Å². The lowest BCUT2D eigenvalue weighted by Gasteiger charge is -2.46. The van der Waals surface area contributed by atoms with E-state index in [-0.39, 0.29) is 10.1 Å². The van der Waals surface area contributed by atoms with E-state index < -0.39 is 30.1 Å². The Hall–Kier alpha value is -1.24. The van der Waals surface area contributed by atoms with E-state index in [0.717, 1.165) is 41.6 Å². The van der Waals surface area contributed by atoms with E-state index in [4.69, 9.17) is 8.85 Å². The summed E-state index contributed by atoms with van der Waals surface area (Å²) in [4.78, 5) is 0. The molecule has 0 radical (unpaired) electrons. The van der Waals surface area contributed by atoms with E-state index in [1.165, 1.54) is 12.0 Å². The number of rotatable bonds is 8. The molecule has 1 aliphatic carbocycles. The van der Waals surface area contributed by atoms with E-state index >= 15 is 4.57 Å². The average molecular weight is 571 g/mol. The van der Waals surface area contributed by atoms with Crippen molar-refractivity contribution in [3.8, 4) is 0 Å². The van der Waals surface area contributed by atoms with Gasteiger partial charge in [0.1, 0.15) is 0 Å². The van der Waals surface area contributed by atoms with Gasteiger partial charge in [0.25, 0.3) is 0 Å². The highest BCUT2D eigenvalue weighted by molar-refractivity contribution is 7.82. The first-order chi connectivity index (χ1) is 17.5. The molecule has 38 heavy (non-hydrogen) atoms. The lowest BCUT2D eigenvalue weighted by Crippen LogP contribution is -2.51. The first kappa shape index (κ1) is 31.3. The van der Waals surface area contributed by atoms with Gasteiger partial charge in [0.05, 0.1) is 5.31 Å². The maximum atomic E-state index is 15.9. The van der Waals surface area contributed by atoms with Crippen LogP contribution < -0.4 is 10.6 Å². The molecule has 1 saturated carbocycles. The third kappa shape index (κ3) is 6.73. The summed E-state index contributed by atoms with van der Waals surface area (Å²) in [6.45, 7) is 22.8. The van der Waals surface area contributed by atoms with Crippen molar-refractivity contribution in [2.24, 2.45) is 0 Å². The molecule has 0 amide bonds. The number of hydrogen-bond acceptors (Lipinski definition) is 3. The normalized spacial score (nSPS) is 16.1. The summed E-state index contributed by atoms with van der Waals surface area (Å²) in [6.07, 6.45) is 4.74. The van der Waals surface area contributed by atoms with Gasteiger partial charge >= 0.3 is 0 Å². The molecule has 0 bridgehead atoms. The molecule has 3 rings (SSSR count). The summed E-state index contributed by atoms with van der Waals surface area (Å²) in [5.41, 5.74) is 1.29. The van der Waals surface area contributed by atoms with Crippen molar-refractivity contribution in [3.05, 3.63) is 71.6 Å². The molecular formula is C32H51O3PSi2. The molecule has 0 heterocycles. The third-order valence-corrected chi connectivity index (χ3v) is 21.1. The summed E-state index contributed by atoms with van der Waals surface area (Å²) in [5.74, 6) is 0. The minimum absolute atomic E-state index is 0.00609. The number of benzene rings is 2. The van der Waals surface area contributed by atoms with E-state index in [1.807, 2.05) is 60.7 Å². The molecular weight excluding hydrogens is 519 g/mol. The van der Waals surface area contributed by atoms with E-state index in [9.17, 15) is 0 Å². The number of hydrogen-bond donors (Lipinski definition) is 0. The highest BCUT2D eigenvalue weighted by Crippen LogP contribution is 2.58. The van der Waals surface area contributed by atoms with Crippen LogP contribution in [0, 0.1) is 0 Å². The van der Waals surface area contributed by atoms with Crippen LogP contribution in [-0.4, -0.2) is 22.9 Å². The SMILES string of the molecule is CC(C)(C)[Si](C)(C)OC(O[Si](C)(C)C(C)(C)C)C(=C1CCCCC1)P(=O)(c1ccccc1)c1ccccc1. The van der Waals surface area contributed by atoms with Crippen LogP contribution in [0.25, 0.3) is 0 Å². The van der Waals surface area contributed by atoms with Crippen molar-refractivity contribution in [1.29, 1.82) is 0 Å². The van der Waals surface area contributed by atoms with E-state index in [1.54, 1.807) is 0 Å². The Morgan fingerprint density at radius 1 is 0.684 bits per heavy atom. The number of allylic oxidation sites excluding steroid dienone is 1. The van der Waals surface area contributed by atoms with Crippen LogP contribution >= 0.6 is 7.14 Å². The lowest BCUT2D eigenvalue weighted by atomic mass is 9.94. The molecule has 6 heteroatoms. The smallest absolute Gasteiger partial charge is 0.195 e. The molecule has 0 saturated heterocycles. The van der Waals surface area contributed by atoms with Crippen LogP contribution in [0.5, 0.6) is 0 Å². The van der Waals surface area contributed by atoms with Gasteiger partial charge in [0, 0.05) is 10.6 Å². The molecule has 0 unspecified atom stereocenters. The maximum Gasteiger partial charge on any atom is 0.195 e. The van der Waals surface area contributed by atoms with Crippen molar-refractivity contribution in [1.82, 2.24) is 0 Å². The van der Waals surface area contributed by atoms with Gasteiger partial charge in [-0.1, -0.05) is 114 Å². The topological polar surface area (TPSA) is 35.5 Å². The third-order valence-electron chi connectivity index (χ3n) is 9.04. The van der Waals surface area contributed by atoms with Gasteiger partial charge in [-0.2, -0.15) is 0 Å². The minimum Gasteiger partial charge on any atom is -0.389 e. The maximum absolute atomic E-state index is 15.9. The van der Waals surface area contributed by atoms with Gasteiger partial charge < -0.3 is 13.4 Å². The Morgan fingerprint density at radius 3 is 1.39 bits per heavy atom. The summed E-state index contributed by atoms with van der Waals surface area (Å²) in [6, 6.07) is 20.2. The highest BCUT2D eigenvalue weighted by Gasteiger charge is 2.49. The molecule has 0 aromatic heterocycles. The molecule has 0 spiro atoms. The second-order valence-electron chi connectivity index (χ2n) is 13.9. The van der Waals surface area contributed by atoms with Crippen LogP contribution in [0.15, 0.2) is 71.6 Å². The molecule has 1 fully saturated rings. The first-order valence-corrected chi connectivity index (χ1v) is 21.8. The highest BCUT2D eigenvalue weighted by atomic mass is 31.2. The lowest BCUT2D eigenvalue weighted by molar-refractivity contribution is 0.0183. The Morgan fingerprint density at radius 2 is 1.05 bits per heavy atom. The van der Waals surface area contributed by atoms with Gasteiger partial charge in [-0.05, 0) is 61.9 Å². The van der Waals surface area contributed by atoms with Crippen LogP contribution in [-0.2, 0) is 13.4 Å². The fourth-order valence-electron chi connectivity index (χ4n) is 4.50. The van der Waals surface area contributed by atoms with Crippen molar-refractivity contribution in [2.45, 2.75) is 116 Å². The quantitative estimate of drug-likeness (QED) is 0.180. The van der Waals surface area contributed by atoms with Crippen molar-refractivity contribution >= 4 is 34.4 Å². The molecule has 3 nitrogen and oxygen atoms in total. The largest absolute Gasteiger partial charge is 0.389 e. The molecule has 2 aromatic rings. The standard InChI is InChI=1S/C32H51O3PSi2/c1-31(2,3)37(7,8)34-30(35-38(9,10)32(4,5)6)29(26-20-14-11-15-21-26)36(33,27-22-16-12-17-23-27)28-24-18-13-19-25-28/h12-13,16-19,22-25,30H,11,14-15,20-21H2,1-10H3. The predicted molar refractivity (Wildman–Crippen MR) is 170 cm³/mol. The minimum atomic E-state index is -3.26. The predicted octanol–water partition coefficient (Wildman–Crippen LogP) is 9.59. The Kier molecular flexibility index (Phi) is 9.64. The first-order valence-electron chi connectivity index (χ1n) is 14.3. The molecule has 0 atom stereocenters. The summed E-state index contributed by atoms with van der Waals surface area (Å²) >= 11 is 0. The Labute approximate surface area is 235 Å². The Bertz CT molecular complexity index is 1060. The van der Waals surface area contributed by atoms with Gasteiger partial charge in [-0.15, -0.1) is 0 Å². The fraction of sp³-hybridized carbons (Fsp3) is 0.562. The molecule has 0 N–H and O–H groups in total. The zero-order valence-corrected chi connectivity index (χ0v) is 28.5. The second-order valence-corrected chi connectivity index (χ2v) is 26.2. The second kappa shape index (κ2) is 11.7. The molecule has 2 aromatic carbocycles. The van der Waals surface area contributed by atoms with Crippen LogP contribution in [0.2, 0.25) is 36.3 Å². The summed E-state index contributed by atoms with van der Waals surface area (Å²) < 4.78 is 30.5. The van der Waals surface area contributed by atoms with Gasteiger partial charge in [-0.3, -0.25) is 0 Å². The van der Waals surface area contributed by atoms with Crippen molar-refractivity contribution in [2.75, 3.05) is 0 Å². The van der Waals surface area contributed by atoms with Crippen molar-refractivity contribution in [3.63, 3.8) is 0 Å². The molecule has 1 aliphatic rings. The van der Waals surface area contributed by atoms with E-state index in [2.05, 4.69) is 67.7 Å². The van der Waals surface area contributed by atoms with Crippen LogP contribution in [0.3, 0.4) is 0 Å². The summed E-state index contributed by atoms with van der Waals surface area (Å²) in [7, 11) is -7.85. The van der Waals surface area contributed by atoms with Gasteiger partial charge in [0.15, 0.2) is 30.1 Å². The zero-order valence-electron chi connectivity index (χ0n) is 25.6. The zero-order chi connectivity index (χ0) is 28.4. The van der Waals surface area contributed by atoms with Crippen molar-refractivity contribution < 1.29 is 13.4 Å². The van der Waals surface area contributed by atoms with Gasteiger partial charge in [-0.25, -0.2) is 0 Å². The van der Waals surface area contributed by atoms with Gasteiger partial charge in [0.2, 0.25) is 0 Å². The average Bonchev–Trinajstić information content (AvgIpc) is 2.84. The van der Waals surface area contributed by atoms with Crippen LogP contribution in [0.4, 0.5) is 0 Å². The fourth-order valence-corrected chi connectivity index (χ4v) is 10.0. The monoisotopic (exact) mass is 570 g/mol.